The third kappa shape index (κ3) is 4.64. The second-order valence-corrected chi connectivity index (χ2v) is 8.39. The molecule has 174 valence electrons. The Bertz CT molecular complexity index is 1120. The third-order valence-electron chi connectivity index (χ3n) is 6.16. The molecule has 1 saturated heterocycles. The van der Waals surface area contributed by atoms with Gasteiger partial charge in [-0.3, -0.25) is 14.5 Å². The molecule has 33 heavy (non-hydrogen) atoms. The highest BCUT2D eigenvalue weighted by molar-refractivity contribution is 6.43. The largest absolute Gasteiger partial charge is 0.368 e. The number of piperazine rings is 1. The van der Waals surface area contributed by atoms with Crippen LogP contribution >= 0.6 is 0 Å². The molecule has 1 atom stereocenters. The monoisotopic (exact) mass is 455 g/mol. The molecular weight excluding hydrogens is 428 g/mol. The summed E-state index contributed by atoms with van der Waals surface area (Å²) in [5.74, 6) is -1.11. The van der Waals surface area contributed by atoms with E-state index in [1.165, 1.54) is 6.92 Å². The number of nitrogens with one attached hydrogen (secondary N) is 1. The normalized spacial score (nSPS) is 17.4. The van der Waals surface area contributed by atoms with Gasteiger partial charge in [-0.15, -0.1) is 0 Å². The maximum atomic E-state index is 15.1. The van der Waals surface area contributed by atoms with Crippen LogP contribution in [0.4, 0.5) is 20.2 Å². The SMILES string of the molecule is CNC(=O)c1ccc(N2CCN(Cc3ccc4c(c3F)CC(=O)C([C@@H](C)F)=N4)CC2)c(C)n1. The van der Waals surface area contributed by atoms with Gasteiger partial charge in [-0.25, -0.2) is 18.8 Å². The second-order valence-electron chi connectivity index (χ2n) is 8.39. The van der Waals surface area contributed by atoms with Gasteiger partial charge in [-0.1, -0.05) is 6.07 Å². The number of aliphatic imine (C=N–C) groups is 1. The first kappa shape index (κ1) is 23.0. The zero-order chi connectivity index (χ0) is 23.7. The number of Topliss-reactive ketones (excluding diaryl/α,β-unsaturated/α-hetero) is 1. The van der Waals surface area contributed by atoms with Gasteiger partial charge < -0.3 is 10.2 Å². The number of pyridine rings is 1. The molecule has 2 aromatic rings. The van der Waals surface area contributed by atoms with E-state index in [-0.39, 0.29) is 23.6 Å². The van der Waals surface area contributed by atoms with Gasteiger partial charge in [0.25, 0.3) is 5.91 Å². The molecule has 2 aliphatic rings. The highest BCUT2D eigenvalue weighted by Crippen LogP contribution is 2.31. The summed E-state index contributed by atoms with van der Waals surface area (Å²) >= 11 is 0. The van der Waals surface area contributed by atoms with Gasteiger partial charge in [-0.2, -0.15) is 0 Å². The van der Waals surface area contributed by atoms with Crippen molar-refractivity contribution in [3.63, 3.8) is 0 Å². The van der Waals surface area contributed by atoms with E-state index in [0.717, 1.165) is 37.6 Å². The van der Waals surface area contributed by atoms with E-state index in [2.05, 4.69) is 25.1 Å². The number of amides is 1. The number of anilines is 1. The van der Waals surface area contributed by atoms with Crippen molar-refractivity contribution < 1.29 is 18.4 Å². The summed E-state index contributed by atoms with van der Waals surface area (Å²) in [4.78, 5) is 36.8. The van der Waals surface area contributed by atoms with E-state index in [1.807, 2.05) is 13.0 Å². The summed E-state index contributed by atoms with van der Waals surface area (Å²) in [7, 11) is 1.57. The molecule has 0 unspecified atom stereocenters. The van der Waals surface area contributed by atoms with Crippen molar-refractivity contribution in [3.05, 3.63) is 52.6 Å². The number of carbonyl (C=O) groups excluding carboxylic acids is 2. The molecule has 0 aliphatic carbocycles. The molecule has 9 heteroatoms. The highest BCUT2D eigenvalue weighted by Gasteiger charge is 2.28. The molecule has 3 heterocycles. The highest BCUT2D eigenvalue weighted by atomic mass is 19.1. The van der Waals surface area contributed by atoms with Gasteiger partial charge in [-0.05, 0) is 32.0 Å². The lowest BCUT2D eigenvalue weighted by Crippen LogP contribution is -2.46. The number of nitrogens with zero attached hydrogens (tertiary/aromatic N) is 4. The molecule has 1 aromatic heterocycles. The van der Waals surface area contributed by atoms with Crippen LogP contribution in [0, 0.1) is 12.7 Å². The summed E-state index contributed by atoms with van der Waals surface area (Å²) in [6.45, 7) is 6.52. The number of rotatable bonds is 5. The maximum Gasteiger partial charge on any atom is 0.269 e. The number of hydrogen-bond donors (Lipinski definition) is 1. The van der Waals surface area contributed by atoms with Crippen molar-refractivity contribution in [2.75, 3.05) is 38.1 Å². The number of aromatic nitrogens is 1. The van der Waals surface area contributed by atoms with E-state index in [4.69, 9.17) is 0 Å². The Morgan fingerprint density at radius 3 is 2.55 bits per heavy atom. The minimum absolute atomic E-state index is 0.140. The lowest BCUT2D eigenvalue weighted by Gasteiger charge is -2.36. The van der Waals surface area contributed by atoms with Gasteiger partial charge in [0.05, 0.1) is 17.1 Å². The van der Waals surface area contributed by atoms with Gasteiger partial charge in [0.2, 0.25) is 0 Å². The molecule has 0 spiro atoms. The molecule has 1 N–H and O–H groups in total. The molecule has 0 saturated carbocycles. The van der Waals surface area contributed by atoms with Crippen LogP contribution in [0.5, 0.6) is 0 Å². The summed E-state index contributed by atoms with van der Waals surface area (Å²) in [6, 6.07) is 6.97. The quantitative estimate of drug-likeness (QED) is 0.750. The van der Waals surface area contributed by atoms with Crippen molar-refractivity contribution in [2.24, 2.45) is 4.99 Å². The van der Waals surface area contributed by atoms with E-state index >= 15 is 4.39 Å². The fourth-order valence-electron chi connectivity index (χ4n) is 4.34. The number of alkyl halides is 1. The van der Waals surface area contributed by atoms with Crippen molar-refractivity contribution >= 4 is 28.8 Å². The first-order valence-electron chi connectivity index (χ1n) is 11.0. The Morgan fingerprint density at radius 1 is 1.18 bits per heavy atom. The van der Waals surface area contributed by atoms with Gasteiger partial charge >= 0.3 is 0 Å². The molecule has 4 rings (SSSR count). The second kappa shape index (κ2) is 9.35. The predicted molar refractivity (Wildman–Crippen MR) is 123 cm³/mol. The number of benzene rings is 1. The van der Waals surface area contributed by atoms with E-state index in [0.29, 0.717) is 23.5 Å². The van der Waals surface area contributed by atoms with Crippen molar-refractivity contribution in [2.45, 2.75) is 33.0 Å². The smallest absolute Gasteiger partial charge is 0.269 e. The summed E-state index contributed by atoms with van der Waals surface area (Å²) in [6.07, 6.45) is -1.63. The lowest BCUT2D eigenvalue weighted by molar-refractivity contribution is -0.112. The Hall–Kier alpha value is -3.20. The van der Waals surface area contributed by atoms with Crippen LogP contribution in [-0.2, 0) is 17.8 Å². The van der Waals surface area contributed by atoms with E-state index < -0.39 is 17.8 Å². The minimum Gasteiger partial charge on any atom is -0.368 e. The number of halogens is 2. The summed E-state index contributed by atoms with van der Waals surface area (Å²) in [5, 5.41) is 2.57. The fraction of sp³-hybridized carbons (Fsp3) is 0.417. The average Bonchev–Trinajstić information content (AvgIpc) is 2.81. The van der Waals surface area contributed by atoms with Crippen molar-refractivity contribution in [3.8, 4) is 0 Å². The molecule has 1 amide bonds. The number of fused-ring (bicyclic) bond motifs is 1. The first-order valence-corrected chi connectivity index (χ1v) is 11.0. The van der Waals surface area contributed by atoms with E-state index in [1.54, 1.807) is 25.2 Å². The zero-order valence-corrected chi connectivity index (χ0v) is 19.0. The van der Waals surface area contributed by atoms with Crippen LogP contribution in [0.1, 0.15) is 34.2 Å². The van der Waals surface area contributed by atoms with Crippen molar-refractivity contribution in [1.29, 1.82) is 0 Å². The minimum atomic E-state index is -1.47. The Balaban J connectivity index is 1.43. The molecular formula is C24H27F2N5O2. The maximum absolute atomic E-state index is 15.1. The number of carbonyl (C=O) groups is 2. The number of ketones is 1. The third-order valence-corrected chi connectivity index (χ3v) is 6.16. The Kier molecular flexibility index (Phi) is 6.51. The van der Waals surface area contributed by atoms with Crippen LogP contribution in [0.15, 0.2) is 29.3 Å². The summed E-state index contributed by atoms with van der Waals surface area (Å²) < 4.78 is 28.7. The zero-order valence-electron chi connectivity index (χ0n) is 19.0. The molecule has 1 fully saturated rings. The molecule has 1 aromatic carbocycles. The van der Waals surface area contributed by atoms with Crippen LogP contribution in [0.3, 0.4) is 0 Å². The van der Waals surface area contributed by atoms with Crippen LogP contribution in [0.25, 0.3) is 0 Å². The number of aryl methyl sites for hydroxylation is 1. The standard InChI is InChI=1S/C24H27F2N5O2/c1-14(25)23-21(32)12-17-18(29-23)5-4-16(22(17)26)13-30-8-10-31(11-9-30)20-7-6-19(24(33)27-3)28-15(20)2/h4-7,14H,8-13H2,1-3H3,(H,27,33)/t14-/m1/s1. The first-order chi connectivity index (χ1) is 15.8. The van der Waals surface area contributed by atoms with Crippen LogP contribution in [-0.4, -0.2) is 66.7 Å². The van der Waals surface area contributed by atoms with Gasteiger partial charge in [0, 0.05) is 57.3 Å². The van der Waals surface area contributed by atoms with Gasteiger partial charge in [0.15, 0.2) is 5.78 Å². The topological polar surface area (TPSA) is 77.9 Å². The Labute approximate surface area is 191 Å². The van der Waals surface area contributed by atoms with Crippen LogP contribution < -0.4 is 10.2 Å². The van der Waals surface area contributed by atoms with Crippen molar-refractivity contribution in [1.82, 2.24) is 15.2 Å². The fourth-order valence-corrected chi connectivity index (χ4v) is 4.34. The average molecular weight is 456 g/mol. The van der Waals surface area contributed by atoms with Crippen LogP contribution in [0.2, 0.25) is 0 Å². The Morgan fingerprint density at radius 2 is 1.91 bits per heavy atom. The number of hydrogen-bond acceptors (Lipinski definition) is 6. The van der Waals surface area contributed by atoms with Gasteiger partial charge in [0.1, 0.15) is 23.4 Å². The molecule has 2 aliphatic heterocycles. The molecule has 7 nitrogen and oxygen atoms in total. The molecule has 0 radical (unpaired) electrons. The predicted octanol–water partition coefficient (Wildman–Crippen LogP) is 2.77. The molecule has 0 bridgehead atoms. The lowest BCUT2D eigenvalue weighted by atomic mass is 9.95. The van der Waals surface area contributed by atoms with E-state index in [9.17, 15) is 14.0 Å². The summed E-state index contributed by atoms with van der Waals surface area (Å²) in [5.41, 5.74) is 3.11.